The molecule has 398 valence electrons. The summed E-state index contributed by atoms with van der Waals surface area (Å²) in [6.07, 6.45) is 57.6. The topological polar surface area (TPSA) is 149 Å². The zero-order chi connectivity index (χ0) is 49.4. The Balaban J connectivity index is 1.99. The van der Waals surface area contributed by atoms with Crippen LogP contribution < -0.4 is 5.32 Å². The Bertz CT molecular complexity index is 1210. The van der Waals surface area contributed by atoms with E-state index in [1.54, 1.807) is 0 Å². The van der Waals surface area contributed by atoms with Gasteiger partial charge in [0, 0.05) is 6.42 Å². The van der Waals surface area contributed by atoms with Crippen LogP contribution in [0.1, 0.15) is 264 Å². The Morgan fingerprint density at radius 1 is 0.515 bits per heavy atom. The quantitative estimate of drug-likeness (QED) is 0.0261. The van der Waals surface area contributed by atoms with E-state index >= 15 is 0 Å². The van der Waals surface area contributed by atoms with Crippen molar-refractivity contribution < 1.29 is 39.8 Å². The second-order valence-corrected chi connectivity index (χ2v) is 20.1. The van der Waals surface area contributed by atoms with Gasteiger partial charge in [-0.1, -0.05) is 255 Å². The molecule has 68 heavy (non-hydrogen) atoms. The van der Waals surface area contributed by atoms with Crippen LogP contribution in [-0.2, 0) is 14.3 Å². The number of aliphatic hydroxyl groups excluding tert-OH is 5. The first kappa shape index (κ1) is 64.2. The van der Waals surface area contributed by atoms with Crippen LogP contribution >= 0.6 is 0 Å². The summed E-state index contributed by atoms with van der Waals surface area (Å²) in [6, 6.07) is -0.714. The Morgan fingerprint density at radius 3 is 1.35 bits per heavy atom. The molecule has 6 N–H and O–H groups in total. The number of aliphatic hydroxyl groups is 5. The Labute approximate surface area is 418 Å². The summed E-state index contributed by atoms with van der Waals surface area (Å²) < 4.78 is 11.2. The van der Waals surface area contributed by atoms with E-state index in [0.29, 0.717) is 12.8 Å². The molecule has 0 bridgehead atoms. The third-order valence-electron chi connectivity index (χ3n) is 13.7. The van der Waals surface area contributed by atoms with Crippen LogP contribution in [0.3, 0.4) is 0 Å². The fraction of sp³-hybridized carbons (Fsp3) is 0.847. The number of amides is 1. The van der Waals surface area contributed by atoms with Crippen LogP contribution in [0, 0.1) is 0 Å². The van der Waals surface area contributed by atoms with E-state index in [4.69, 9.17) is 9.47 Å². The van der Waals surface area contributed by atoms with E-state index in [0.717, 1.165) is 64.2 Å². The van der Waals surface area contributed by atoms with Crippen molar-refractivity contribution >= 4 is 5.91 Å². The molecule has 1 aliphatic rings. The number of nitrogens with one attached hydrogen (secondary N) is 1. The van der Waals surface area contributed by atoms with E-state index in [9.17, 15) is 30.3 Å². The third-order valence-corrected chi connectivity index (χ3v) is 13.7. The second kappa shape index (κ2) is 48.8. The molecule has 1 aliphatic heterocycles. The van der Waals surface area contributed by atoms with E-state index in [1.165, 1.54) is 173 Å². The molecule has 1 saturated heterocycles. The van der Waals surface area contributed by atoms with Crippen LogP contribution in [-0.4, -0.2) is 87.5 Å². The van der Waals surface area contributed by atoms with Gasteiger partial charge in [-0.15, -0.1) is 0 Å². The molecule has 0 aliphatic carbocycles. The highest BCUT2D eigenvalue weighted by Gasteiger charge is 2.44. The van der Waals surface area contributed by atoms with Crippen molar-refractivity contribution in [2.45, 2.75) is 307 Å². The fourth-order valence-corrected chi connectivity index (χ4v) is 9.15. The molecule has 0 saturated carbocycles. The van der Waals surface area contributed by atoms with Gasteiger partial charge in [-0.3, -0.25) is 4.79 Å². The lowest BCUT2D eigenvalue weighted by atomic mass is 9.99. The molecule has 0 aromatic carbocycles. The number of allylic oxidation sites excluding steroid dienone is 8. The zero-order valence-corrected chi connectivity index (χ0v) is 44.1. The summed E-state index contributed by atoms with van der Waals surface area (Å²) >= 11 is 0. The monoisotopic (exact) mass is 960 g/mol. The van der Waals surface area contributed by atoms with Crippen molar-refractivity contribution in [1.82, 2.24) is 5.32 Å². The largest absolute Gasteiger partial charge is 0.394 e. The van der Waals surface area contributed by atoms with Crippen molar-refractivity contribution in [2.75, 3.05) is 13.2 Å². The third kappa shape index (κ3) is 37.9. The molecular formula is C59H109NO8. The molecule has 1 rings (SSSR count). The molecule has 7 unspecified atom stereocenters. The van der Waals surface area contributed by atoms with Crippen LogP contribution in [0.15, 0.2) is 48.6 Å². The van der Waals surface area contributed by atoms with Gasteiger partial charge >= 0.3 is 0 Å². The molecule has 1 heterocycles. The summed E-state index contributed by atoms with van der Waals surface area (Å²) in [4.78, 5) is 13.0. The standard InChI is InChI=1S/C59H109NO8/c1-3-5-7-9-11-13-14-15-16-17-18-19-20-21-22-23-24-25-26-27-28-29-30-31-32-33-34-35-36-37-38-39-40-41-43-45-47-49-55(63)60-52(53(62)48-46-44-42-12-10-8-6-4-2)51-67-59-58(66)57(65)56(64)54(50-61)68-59/h5,7,11,13,15-16,18-19,52-54,56-59,61-62,64-66H,3-4,6,8-10,12,14,17,20-51H2,1-2H3,(H,60,63)/b7-5-,13-11-,16-15-,19-18-. The number of carbonyl (C=O) groups is 1. The summed E-state index contributed by atoms with van der Waals surface area (Å²) in [5, 5.41) is 54.3. The molecule has 0 aromatic heterocycles. The van der Waals surface area contributed by atoms with Crippen LogP contribution in [0.2, 0.25) is 0 Å². The van der Waals surface area contributed by atoms with Gasteiger partial charge in [-0.2, -0.15) is 0 Å². The summed E-state index contributed by atoms with van der Waals surface area (Å²) in [6.45, 7) is 3.70. The highest BCUT2D eigenvalue weighted by Crippen LogP contribution is 2.23. The molecule has 9 heteroatoms. The minimum Gasteiger partial charge on any atom is -0.394 e. The first-order valence-electron chi connectivity index (χ1n) is 28.8. The highest BCUT2D eigenvalue weighted by atomic mass is 16.7. The lowest BCUT2D eigenvalue weighted by molar-refractivity contribution is -0.302. The van der Waals surface area contributed by atoms with E-state index in [1.807, 2.05) is 0 Å². The van der Waals surface area contributed by atoms with E-state index in [2.05, 4.69) is 67.8 Å². The number of rotatable bonds is 49. The fourth-order valence-electron chi connectivity index (χ4n) is 9.15. The Hall–Kier alpha value is -1.85. The minimum atomic E-state index is -1.55. The lowest BCUT2D eigenvalue weighted by Gasteiger charge is -2.40. The van der Waals surface area contributed by atoms with Crippen molar-refractivity contribution in [3.63, 3.8) is 0 Å². The van der Waals surface area contributed by atoms with E-state index in [-0.39, 0.29) is 12.5 Å². The lowest BCUT2D eigenvalue weighted by Crippen LogP contribution is -2.60. The molecule has 7 atom stereocenters. The van der Waals surface area contributed by atoms with Gasteiger partial charge in [0.1, 0.15) is 24.4 Å². The molecular weight excluding hydrogens is 851 g/mol. The number of hydrogen-bond donors (Lipinski definition) is 6. The highest BCUT2D eigenvalue weighted by molar-refractivity contribution is 5.76. The van der Waals surface area contributed by atoms with Gasteiger partial charge in [0.2, 0.25) is 5.91 Å². The molecule has 0 radical (unpaired) electrons. The maximum Gasteiger partial charge on any atom is 0.220 e. The molecule has 1 amide bonds. The Morgan fingerprint density at radius 2 is 0.912 bits per heavy atom. The summed E-state index contributed by atoms with van der Waals surface area (Å²) in [5.74, 6) is -0.144. The molecule has 1 fully saturated rings. The maximum atomic E-state index is 13.0. The van der Waals surface area contributed by atoms with E-state index < -0.39 is 49.5 Å². The zero-order valence-electron chi connectivity index (χ0n) is 44.1. The van der Waals surface area contributed by atoms with Gasteiger partial charge in [0.05, 0.1) is 25.4 Å². The van der Waals surface area contributed by atoms with Gasteiger partial charge in [-0.05, 0) is 51.4 Å². The summed E-state index contributed by atoms with van der Waals surface area (Å²) in [7, 11) is 0. The molecule has 0 spiro atoms. The first-order chi connectivity index (χ1) is 33.3. The second-order valence-electron chi connectivity index (χ2n) is 20.1. The smallest absolute Gasteiger partial charge is 0.220 e. The number of carbonyl (C=O) groups excluding carboxylic acids is 1. The molecule has 9 nitrogen and oxygen atoms in total. The van der Waals surface area contributed by atoms with Crippen molar-refractivity contribution in [3.05, 3.63) is 48.6 Å². The van der Waals surface area contributed by atoms with Crippen LogP contribution in [0.4, 0.5) is 0 Å². The SMILES string of the molecule is CC/C=C\C/C=C\C/C=C\C/C=C\CCCCCCCCCCCCCCCCCCCCCCCCCCC(=O)NC(COC1OC(CO)C(O)C(O)C1O)C(O)CCCCCCCCCC. The number of unbranched alkanes of at least 4 members (excludes halogenated alkanes) is 31. The van der Waals surface area contributed by atoms with Crippen LogP contribution in [0.25, 0.3) is 0 Å². The maximum absolute atomic E-state index is 13.0. The normalized spacial score (nSPS) is 19.9. The number of ether oxygens (including phenoxy) is 2. The van der Waals surface area contributed by atoms with Gasteiger partial charge in [0.25, 0.3) is 0 Å². The van der Waals surface area contributed by atoms with Gasteiger partial charge < -0.3 is 40.3 Å². The van der Waals surface area contributed by atoms with Crippen molar-refractivity contribution in [3.8, 4) is 0 Å². The average molecular weight is 961 g/mol. The average Bonchev–Trinajstić information content (AvgIpc) is 3.34. The minimum absolute atomic E-state index is 0.136. The number of hydrogen-bond acceptors (Lipinski definition) is 8. The van der Waals surface area contributed by atoms with Gasteiger partial charge in [0.15, 0.2) is 6.29 Å². The first-order valence-corrected chi connectivity index (χ1v) is 28.8. The molecule has 0 aromatic rings. The predicted octanol–water partition coefficient (Wildman–Crippen LogP) is 14.1. The van der Waals surface area contributed by atoms with Crippen molar-refractivity contribution in [1.29, 1.82) is 0 Å². The van der Waals surface area contributed by atoms with Gasteiger partial charge in [-0.25, -0.2) is 0 Å². The van der Waals surface area contributed by atoms with Crippen molar-refractivity contribution in [2.24, 2.45) is 0 Å². The summed E-state index contributed by atoms with van der Waals surface area (Å²) in [5.41, 5.74) is 0. The predicted molar refractivity (Wildman–Crippen MR) is 286 cm³/mol. The Kier molecular flexibility index (Phi) is 46.0. The van der Waals surface area contributed by atoms with Crippen LogP contribution in [0.5, 0.6) is 0 Å².